The van der Waals surface area contributed by atoms with Crippen LogP contribution in [0.4, 0.5) is 0 Å². The highest BCUT2D eigenvalue weighted by Crippen LogP contribution is 2.23. The minimum absolute atomic E-state index is 0.700. The number of nitrogens with zero attached hydrogens (tertiary/aromatic N) is 1. The molecule has 0 saturated heterocycles. The van der Waals surface area contributed by atoms with Crippen molar-refractivity contribution in [2.75, 3.05) is 6.54 Å². The van der Waals surface area contributed by atoms with Crippen molar-refractivity contribution in [3.63, 3.8) is 0 Å². The van der Waals surface area contributed by atoms with Crippen LogP contribution in [0.2, 0.25) is 0 Å². The Bertz CT molecular complexity index is 499. The van der Waals surface area contributed by atoms with Crippen molar-refractivity contribution in [2.45, 2.75) is 13.8 Å². The van der Waals surface area contributed by atoms with Gasteiger partial charge in [-0.1, -0.05) is 23.8 Å². The normalized spacial score (nSPS) is 15.2. The summed E-state index contributed by atoms with van der Waals surface area (Å²) in [5, 5.41) is 12.1. The van der Waals surface area contributed by atoms with Gasteiger partial charge in [0.05, 0.1) is 11.6 Å². The highest BCUT2D eigenvalue weighted by molar-refractivity contribution is 5.78. The predicted octanol–water partition coefficient (Wildman–Crippen LogP) is 2.84. The van der Waals surface area contributed by atoms with Crippen LogP contribution >= 0.6 is 0 Å². The van der Waals surface area contributed by atoms with Crippen molar-refractivity contribution in [1.29, 1.82) is 5.26 Å². The summed E-state index contributed by atoms with van der Waals surface area (Å²) in [6.07, 6.45) is 2.20. The van der Waals surface area contributed by atoms with Gasteiger partial charge in [-0.3, -0.25) is 0 Å². The fourth-order valence-electron chi connectivity index (χ4n) is 1.80. The number of hydrogen-bond acceptors (Lipinski definition) is 2. The third kappa shape index (κ3) is 1.99. The van der Waals surface area contributed by atoms with Gasteiger partial charge in [0.15, 0.2) is 0 Å². The van der Waals surface area contributed by atoms with E-state index >= 15 is 0 Å². The van der Waals surface area contributed by atoms with E-state index in [1.54, 1.807) is 0 Å². The summed E-state index contributed by atoms with van der Waals surface area (Å²) < 4.78 is 0. The molecule has 80 valence electrons. The van der Waals surface area contributed by atoms with E-state index in [2.05, 4.69) is 31.3 Å². The monoisotopic (exact) mass is 210 g/mol. The van der Waals surface area contributed by atoms with E-state index in [0.29, 0.717) is 5.56 Å². The Hall–Kier alpha value is -2.01. The molecule has 1 N–H and O–H groups in total. The Kier molecular flexibility index (Phi) is 2.78. The highest BCUT2D eigenvalue weighted by Gasteiger charge is 2.08. The van der Waals surface area contributed by atoms with Crippen molar-refractivity contribution < 1.29 is 0 Å². The topological polar surface area (TPSA) is 35.8 Å². The first-order valence-corrected chi connectivity index (χ1v) is 5.33. The fraction of sp³-hybridized carbons (Fsp3) is 0.214. The van der Waals surface area contributed by atoms with Crippen LogP contribution in [0.1, 0.15) is 25.0 Å². The zero-order valence-corrected chi connectivity index (χ0v) is 9.54. The first-order valence-electron chi connectivity index (χ1n) is 5.33. The summed E-state index contributed by atoms with van der Waals surface area (Å²) in [5.74, 6) is 0. The molecule has 1 aromatic rings. The number of nitriles is 1. The van der Waals surface area contributed by atoms with Crippen molar-refractivity contribution in [3.05, 3.63) is 52.7 Å². The van der Waals surface area contributed by atoms with E-state index in [1.807, 2.05) is 24.3 Å². The summed E-state index contributed by atoms with van der Waals surface area (Å²) in [5.41, 5.74) is 5.59. The second kappa shape index (κ2) is 4.24. The smallest absolute Gasteiger partial charge is 0.0991 e. The fourth-order valence-corrected chi connectivity index (χ4v) is 1.80. The van der Waals surface area contributed by atoms with Crippen LogP contribution in [-0.2, 0) is 0 Å². The van der Waals surface area contributed by atoms with Crippen molar-refractivity contribution >= 4 is 5.57 Å². The maximum atomic E-state index is 8.75. The molecule has 0 radical (unpaired) electrons. The van der Waals surface area contributed by atoms with Crippen LogP contribution in [0.5, 0.6) is 0 Å². The summed E-state index contributed by atoms with van der Waals surface area (Å²) in [7, 11) is 0. The van der Waals surface area contributed by atoms with Gasteiger partial charge >= 0.3 is 0 Å². The molecule has 0 aromatic heterocycles. The summed E-state index contributed by atoms with van der Waals surface area (Å²) in [6.45, 7) is 5.12. The predicted molar refractivity (Wildman–Crippen MR) is 65.5 cm³/mol. The van der Waals surface area contributed by atoms with E-state index < -0.39 is 0 Å². The van der Waals surface area contributed by atoms with Crippen LogP contribution in [0.15, 0.2) is 41.6 Å². The molecule has 0 atom stereocenters. The molecule has 2 heteroatoms. The van der Waals surface area contributed by atoms with Crippen LogP contribution < -0.4 is 5.32 Å². The standard InChI is InChI=1S/C14H14N2/c1-10-7-14(11(2)16-9-10)13-5-3-12(8-15)4-6-13/h3-7,16H,9H2,1-2H3. The van der Waals surface area contributed by atoms with Gasteiger partial charge in [-0.2, -0.15) is 5.26 Å². The Morgan fingerprint density at radius 3 is 2.50 bits per heavy atom. The summed E-state index contributed by atoms with van der Waals surface area (Å²) in [4.78, 5) is 0. The molecular formula is C14H14N2. The van der Waals surface area contributed by atoms with Gasteiger partial charge in [0.25, 0.3) is 0 Å². The molecule has 0 amide bonds. The van der Waals surface area contributed by atoms with Crippen molar-refractivity contribution in [2.24, 2.45) is 0 Å². The molecular weight excluding hydrogens is 196 g/mol. The maximum Gasteiger partial charge on any atom is 0.0991 e. The molecule has 2 nitrogen and oxygen atoms in total. The van der Waals surface area contributed by atoms with Crippen LogP contribution in [0.25, 0.3) is 5.57 Å². The number of allylic oxidation sites excluding steroid dienone is 3. The molecule has 1 heterocycles. The Balaban J connectivity index is 2.41. The lowest BCUT2D eigenvalue weighted by Gasteiger charge is -2.18. The molecule has 0 fully saturated rings. The van der Waals surface area contributed by atoms with Crippen LogP contribution in [0, 0.1) is 11.3 Å². The Morgan fingerprint density at radius 1 is 1.19 bits per heavy atom. The molecule has 16 heavy (non-hydrogen) atoms. The number of dihydropyridines is 1. The van der Waals surface area contributed by atoms with Crippen molar-refractivity contribution in [3.8, 4) is 6.07 Å². The van der Waals surface area contributed by atoms with E-state index in [4.69, 9.17) is 5.26 Å². The average molecular weight is 210 g/mol. The molecule has 0 aliphatic carbocycles. The second-order valence-corrected chi connectivity index (χ2v) is 4.07. The first kappa shape index (κ1) is 10.5. The molecule has 0 bridgehead atoms. The first-order chi connectivity index (χ1) is 7.70. The number of benzene rings is 1. The van der Waals surface area contributed by atoms with E-state index in [-0.39, 0.29) is 0 Å². The lowest BCUT2D eigenvalue weighted by molar-refractivity contribution is 0.859. The third-order valence-electron chi connectivity index (χ3n) is 2.75. The number of nitrogens with one attached hydrogen (secondary N) is 1. The van der Waals surface area contributed by atoms with Gasteiger partial charge in [-0.25, -0.2) is 0 Å². The van der Waals surface area contributed by atoms with Crippen LogP contribution in [-0.4, -0.2) is 6.54 Å². The van der Waals surface area contributed by atoms with Gasteiger partial charge in [0, 0.05) is 17.8 Å². The van der Waals surface area contributed by atoms with Crippen molar-refractivity contribution in [1.82, 2.24) is 5.32 Å². The van der Waals surface area contributed by atoms with E-state index in [1.165, 1.54) is 16.8 Å². The average Bonchev–Trinajstić information content (AvgIpc) is 2.32. The molecule has 1 aliphatic heterocycles. The van der Waals surface area contributed by atoms with E-state index in [0.717, 1.165) is 12.1 Å². The molecule has 2 rings (SSSR count). The molecule has 1 aromatic carbocycles. The van der Waals surface area contributed by atoms with Gasteiger partial charge in [0.2, 0.25) is 0 Å². The summed E-state index contributed by atoms with van der Waals surface area (Å²) in [6, 6.07) is 9.83. The number of hydrogen-bond donors (Lipinski definition) is 1. The maximum absolute atomic E-state index is 8.75. The lowest BCUT2D eigenvalue weighted by Crippen LogP contribution is -2.18. The van der Waals surface area contributed by atoms with Gasteiger partial charge in [-0.05, 0) is 31.5 Å². The van der Waals surface area contributed by atoms with E-state index in [9.17, 15) is 0 Å². The zero-order chi connectivity index (χ0) is 11.5. The minimum atomic E-state index is 0.700. The highest BCUT2D eigenvalue weighted by atomic mass is 14.9. The molecule has 1 aliphatic rings. The SMILES string of the molecule is CC1=CC(c2ccc(C#N)cc2)=C(C)NC1. The quantitative estimate of drug-likeness (QED) is 0.773. The third-order valence-corrected chi connectivity index (χ3v) is 2.75. The molecule has 0 spiro atoms. The van der Waals surface area contributed by atoms with Gasteiger partial charge < -0.3 is 5.32 Å². The Morgan fingerprint density at radius 2 is 1.88 bits per heavy atom. The van der Waals surface area contributed by atoms with Crippen LogP contribution in [0.3, 0.4) is 0 Å². The molecule has 0 unspecified atom stereocenters. The largest absolute Gasteiger partial charge is 0.384 e. The molecule has 0 saturated carbocycles. The number of rotatable bonds is 1. The second-order valence-electron chi connectivity index (χ2n) is 4.07. The summed E-state index contributed by atoms with van der Waals surface area (Å²) >= 11 is 0. The van der Waals surface area contributed by atoms with Gasteiger partial charge in [0.1, 0.15) is 0 Å². The lowest BCUT2D eigenvalue weighted by atomic mass is 9.98. The van der Waals surface area contributed by atoms with Gasteiger partial charge in [-0.15, -0.1) is 0 Å². The Labute approximate surface area is 95.9 Å². The minimum Gasteiger partial charge on any atom is -0.384 e. The zero-order valence-electron chi connectivity index (χ0n) is 9.54.